The Hall–Kier alpha value is -1.56. The summed E-state index contributed by atoms with van der Waals surface area (Å²) in [4.78, 5) is 22.8. The summed E-state index contributed by atoms with van der Waals surface area (Å²) in [6.45, 7) is 0. The summed E-state index contributed by atoms with van der Waals surface area (Å²) in [5, 5.41) is 12.5. The van der Waals surface area contributed by atoms with Crippen LogP contribution in [0.3, 0.4) is 0 Å². The van der Waals surface area contributed by atoms with Gasteiger partial charge >= 0.3 is 5.97 Å². The van der Waals surface area contributed by atoms with Crippen molar-refractivity contribution in [2.45, 2.75) is 31.7 Å². The lowest BCUT2D eigenvalue weighted by Crippen LogP contribution is -2.37. The average Bonchev–Trinajstić information content (AvgIpc) is 2.38. The number of carbonyl (C=O) groups excluding carboxylic acids is 1. The van der Waals surface area contributed by atoms with Crippen LogP contribution in [-0.2, 0) is 4.79 Å². The molecule has 5 nitrogen and oxygen atoms in total. The summed E-state index contributed by atoms with van der Waals surface area (Å²) in [7, 11) is 0. The van der Waals surface area contributed by atoms with Crippen LogP contribution in [0.5, 0.6) is 0 Å². The van der Waals surface area contributed by atoms with Crippen molar-refractivity contribution in [1.29, 1.82) is 0 Å². The van der Waals surface area contributed by atoms with Crippen LogP contribution in [0, 0.1) is 5.92 Å². The van der Waals surface area contributed by atoms with E-state index in [1.54, 1.807) is 18.2 Å². The van der Waals surface area contributed by atoms with Crippen molar-refractivity contribution in [1.82, 2.24) is 0 Å². The maximum Gasteiger partial charge on any atom is 0.308 e. The minimum absolute atomic E-state index is 0.173. The van der Waals surface area contributed by atoms with E-state index in [1.165, 1.54) is 0 Å². The zero-order valence-corrected chi connectivity index (χ0v) is 12.5. The number of carbonyl (C=O) groups is 2. The highest BCUT2D eigenvalue weighted by Gasteiger charge is 2.31. The Kier molecular flexibility index (Phi) is 4.65. The van der Waals surface area contributed by atoms with Gasteiger partial charge in [0.2, 0.25) is 0 Å². The van der Waals surface area contributed by atoms with Crippen molar-refractivity contribution in [3.63, 3.8) is 0 Å². The van der Waals surface area contributed by atoms with E-state index in [9.17, 15) is 14.7 Å². The lowest BCUT2D eigenvalue weighted by molar-refractivity contribution is -0.143. The fourth-order valence-corrected chi connectivity index (χ4v) is 3.26. The van der Waals surface area contributed by atoms with Gasteiger partial charge in [0.15, 0.2) is 0 Å². The van der Waals surface area contributed by atoms with Crippen molar-refractivity contribution in [2.75, 3.05) is 5.32 Å². The quantitative estimate of drug-likeness (QED) is 0.785. The van der Waals surface area contributed by atoms with Gasteiger partial charge in [0, 0.05) is 16.2 Å². The first-order valence-electron chi connectivity index (χ1n) is 6.58. The Balaban J connectivity index is 2.27. The first-order valence-corrected chi connectivity index (χ1v) is 7.37. The van der Waals surface area contributed by atoms with Crippen LogP contribution in [0.15, 0.2) is 22.7 Å². The molecular weight excluding hydrogens is 324 g/mol. The van der Waals surface area contributed by atoms with Crippen LogP contribution in [0.4, 0.5) is 5.69 Å². The van der Waals surface area contributed by atoms with Crippen LogP contribution < -0.4 is 11.1 Å². The van der Waals surface area contributed by atoms with E-state index in [4.69, 9.17) is 5.73 Å². The summed E-state index contributed by atoms with van der Waals surface area (Å²) in [6, 6.07) is 5.10. The molecule has 108 valence electrons. The van der Waals surface area contributed by atoms with E-state index >= 15 is 0 Å². The van der Waals surface area contributed by atoms with E-state index in [0.717, 1.165) is 19.3 Å². The number of nitrogens with one attached hydrogen (secondary N) is 1. The van der Waals surface area contributed by atoms with Crippen molar-refractivity contribution in [3.8, 4) is 0 Å². The number of benzene rings is 1. The van der Waals surface area contributed by atoms with Crippen molar-refractivity contribution in [2.24, 2.45) is 11.7 Å². The van der Waals surface area contributed by atoms with Gasteiger partial charge in [-0.3, -0.25) is 9.59 Å². The molecule has 1 fully saturated rings. The number of halogens is 1. The fraction of sp³-hybridized carbons (Fsp3) is 0.429. The number of aliphatic carboxylic acids is 1. The van der Waals surface area contributed by atoms with E-state index in [1.807, 2.05) is 0 Å². The molecule has 1 aromatic rings. The summed E-state index contributed by atoms with van der Waals surface area (Å²) >= 11 is 3.30. The number of rotatable bonds is 4. The second-order valence-corrected chi connectivity index (χ2v) is 5.86. The molecule has 0 bridgehead atoms. The number of anilines is 1. The first kappa shape index (κ1) is 14.8. The highest BCUT2D eigenvalue weighted by molar-refractivity contribution is 9.10. The molecule has 0 aromatic heterocycles. The number of amides is 1. The lowest BCUT2D eigenvalue weighted by atomic mass is 9.84. The van der Waals surface area contributed by atoms with E-state index < -0.39 is 17.8 Å². The molecule has 1 amide bonds. The second kappa shape index (κ2) is 6.26. The maximum atomic E-state index is 11.5. The highest BCUT2D eigenvalue weighted by atomic mass is 79.9. The molecule has 4 N–H and O–H groups in total. The van der Waals surface area contributed by atoms with Crippen molar-refractivity contribution < 1.29 is 14.7 Å². The number of nitrogens with two attached hydrogens (primary N) is 1. The molecule has 2 rings (SSSR count). The predicted molar refractivity (Wildman–Crippen MR) is 79.7 cm³/mol. The van der Waals surface area contributed by atoms with Crippen LogP contribution in [0.2, 0.25) is 0 Å². The van der Waals surface area contributed by atoms with Crippen LogP contribution in [0.25, 0.3) is 0 Å². The number of primary amides is 1. The van der Waals surface area contributed by atoms with Crippen LogP contribution >= 0.6 is 15.9 Å². The summed E-state index contributed by atoms with van der Waals surface area (Å²) in [5.41, 5.74) is 6.34. The average molecular weight is 341 g/mol. The minimum Gasteiger partial charge on any atom is -0.481 e. The van der Waals surface area contributed by atoms with Gasteiger partial charge in [0.05, 0.1) is 11.5 Å². The van der Waals surface area contributed by atoms with Crippen LogP contribution in [-0.4, -0.2) is 23.0 Å². The standard InChI is InChI=1S/C14H17BrN2O3/c15-9-5-3-7-11(12(9)13(16)18)17-10-6-2-1-4-8(10)14(19)20/h3,5,7-8,10,17H,1-2,4,6H2,(H2,16,18)(H,19,20). The number of hydrogen-bond acceptors (Lipinski definition) is 3. The molecule has 0 heterocycles. The third-order valence-electron chi connectivity index (χ3n) is 3.68. The topological polar surface area (TPSA) is 92.4 Å². The summed E-state index contributed by atoms with van der Waals surface area (Å²) in [5.74, 6) is -1.76. The van der Waals surface area contributed by atoms with Gasteiger partial charge in [-0.2, -0.15) is 0 Å². The molecule has 0 saturated heterocycles. The molecule has 1 saturated carbocycles. The zero-order chi connectivity index (χ0) is 14.7. The number of carboxylic acid groups (broad SMARTS) is 1. The fourth-order valence-electron chi connectivity index (χ4n) is 2.69. The Morgan fingerprint density at radius 2 is 2.00 bits per heavy atom. The minimum atomic E-state index is -0.794. The molecular formula is C14H17BrN2O3. The Labute approximate surface area is 125 Å². The molecule has 0 radical (unpaired) electrons. The zero-order valence-electron chi connectivity index (χ0n) is 10.9. The Bertz CT molecular complexity index is 533. The third kappa shape index (κ3) is 3.12. The second-order valence-electron chi connectivity index (χ2n) is 5.01. The van der Waals surface area contributed by atoms with E-state index in [-0.39, 0.29) is 6.04 Å². The van der Waals surface area contributed by atoms with Gasteiger partial charge in [-0.15, -0.1) is 0 Å². The smallest absolute Gasteiger partial charge is 0.308 e. The summed E-state index contributed by atoms with van der Waals surface area (Å²) < 4.78 is 0.609. The van der Waals surface area contributed by atoms with Crippen LogP contribution in [0.1, 0.15) is 36.0 Å². The molecule has 0 spiro atoms. The lowest BCUT2D eigenvalue weighted by Gasteiger charge is -2.30. The normalized spacial score (nSPS) is 22.2. The monoisotopic (exact) mass is 340 g/mol. The molecule has 6 heteroatoms. The molecule has 1 aromatic carbocycles. The molecule has 20 heavy (non-hydrogen) atoms. The van der Waals surface area contributed by atoms with Gasteiger partial charge in [0.1, 0.15) is 0 Å². The highest BCUT2D eigenvalue weighted by Crippen LogP contribution is 2.30. The molecule has 1 aliphatic rings. The van der Waals surface area contributed by atoms with Crippen molar-refractivity contribution in [3.05, 3.63) is 28.2 Å². The van der Waals surface area contributed by atoms with Gasteiger partial charge in [-0.1, -0.05) is 18.9 Å². The number of carboxylic acids is 1. The Morgan fingerprint density at radius 3 is 2.65 bits per heavy atom. The Morgan fingerprint density at radius 1 is 1.30 bits per heavy atom. The van der Waals surface area contributed by atoms with E-state index in [2.05, 4.69) is 21.2 Å². The first-order chi connectivity index (χ1) is 9.50. The SMILES string of the molecule is NC(=O)c1c(Br)cccc1NC1CCCCC1C(=O)O. The molecule has 0 aliphatic heterocycles. The largest absolute Gasteiger partial charge is 0.481 e. The maximum absolute atomic E-state index is 11.5. The van der Waals surface area contributed by atoms with E-state index in [0.29, 0.717) is 22.1 Å². The predicted octanol–water partition coefficient (Wildman–Crippen LogP) is 2.60. The van der Waals surface area contributed by atoms with Crippen molar-refractivity contribution >= 4 is 33.5 Å². The van der Waals surface area contributed by atoms with Gasteiger partial charge in [-0.25, -0.2) is 0 Å². The van der Waals surface area contributed by atoms with Gasteiger partial charge in [-0.05, 0) is 40.9 Å². The number of hydrogen-bond donors (Lipinski definition) is 3. The van der Waals surface area contributed by atoms with Gasteiger partial charge in [0.25, 0.3) is 5.91 Å². The molecule has 2 atom stereocenters. The van der Waals surface area contributed by atoms with Gasteiger partial charge < -0.3 is 16.2 Å². The molecule has 2 unspecified atom stereocenters. The summed E-state index contributed by atoms with van der Waals surface area (Å²) in [6.07, 6.45) is 3.35. The molecule has 1 aliphatic carbocycles. The third-order valence-corrected chi connectivity index (χ3v) is 4.34.